The lowest BCUT2D eigenvalue weighted by molar-refractivity contribution is 0.169. The van der Waals surface area contributed by atoms with Crippen molar-refractivity contribution in [2.75, 3.05) is 0 Å². The van der Waals surface area contributed by atoms with E-state index in [0.717, 1.165) is 6.20 Å². The van der Waals surface area contributed by atoms with Crippen LogP contribution in [0.15, 0.2) is 11.0 Å². The fourth-order valence-corrected chi connectivity index (χ4v) is 0.649. The fourth-order valence-electron chi connectivity index (χ4n) is 0.649. The average molecular weight is 159 g/mol. The van der Waals surface area contributed by atoms with Gasteiger partial charge in [-0.3, -0.25) is 4.79 Å². The first-order valence-electron chi connectivity index (χ1n) is 2.84. The van der Waals surface area contributed by atoms with Crippen LogP contribution in [-0.4, -0.2) is 15.0 Å². The molecule has 0 fully saturated rings. The molecule has 5 heteroatoms. The Balaban J connectivity index is 3.59. The van der Waals surface area contributed by atoms with Crippen LogP contribution in [0.4, 0.5) is 4.39 Å². The van der Waals surface area contributed by atoms with Crippen LogP contribution in [0.3, 0.4) is 0 Å². The number of rotatable bonds is 0. The lowest BCUT2D eigenvalue weighted by atomic mass is 10.3. The van der Waals surface area contributed by atoms with Crippen molar-refractivity contribution in [1.29, 1.82) is 0 Å². The molecule has 0 radical (unpaired) electrons. The van der Waals surface area contributed by atoms with E-state index >= 15 is 0 Å². The van der Waals surface area contributed by atoms with Gasteiger partial charge in [0.1, 0.15) is 0 Å². The van der Waals surface area contributed by atoms with Crippen LogP contribution >= 0.6 is 0 Å². The first-order chi connectivity index (χ1) is 5.04. The Bertz CT molecular complexity index is 344. The summed E-state index contributed by atoms with van der Waals surface area (Å²) in [5, 5.41) is 17.5. The van der Waals surface area contributed by atoms with Crippen molar-refractivity contribution in [3.63, 3.8) is 0 Å². The van der Waals surface area contributed by atoms with Gasteiger partial charge in [0.25, 0.3) is 5.43 Å². The Hall–Kier alpha value is -1.52. The lowest BCUT2D eigenvalue weighted by Crippen LogP contribution is -2.13. The Morgan fingerprint density at radius 3 is 2.73 bits per heavy atom. The van der Waals surface area contributed by atoms with E-state index in [0.29, 0.717) is 4.73 Å². The molecular formula is C6H6FNO3. The molecule has 0 saturated carbocycles. The molecular weight excluding hydrogens is 153 g/mol. The summed E-state index contributed by atoms with van der Waals surface area (Å²) >= 11 is 0. The minimum Gasteiger partial charge on any atom is -0.503 e. The third-order valence-electron chi connectivity index (χ3n) is 1.34. The van der Waals surface area contributed by atoms with Gasteiger partial charge in [-0.2, -0.15) is 4.73 Å². The summed E-state index contributed by atoms with van der Waals surface area (Å²) in [6.07, 6.45) is 0.737. The second kappa shape index (κ2) is 2.26. The molecule has 0 bridgehead atoms. The topological polar surface area (TPSA) is 62.5 Å². The minimum atomic E-state index is -1.15. The van der Waals surface area contributed by atoms with Crippen LogP contribution in [-0.2, 0) is 0 Å². The highest BCUT2D eigenvalue weighted by atomic mass is 19.1. The van der Waals surface area contributed by atoms with E-state index in [-0.39, 0.29) is 5.69 Å². The van der Waals surface area contributed by atoms with Crippen LogP contribution < -0.4 is 5.43 Å². The molecule has 0 saturated heterocycles. The summed E-state index contributed by atoms with van der Waals surface area (Å²) in [4.78, 5) is 10.6. The highest BCUT2D eigenvalue weighted by molar-refractivity contribution is 5.20. The second-order valence-corrected chi connectivity index (χ2v) is 2.09. The highest BCUT2D eigenvalue weighted by Gasteiger charge is 2.10. The van der Waals surface area contributed by atoms with Crippen molar-refractivity contribution in [3.05, 3.63) is 27.9 Å². The maximum Gasteiger partial charge on any atom is 0.259 e. The van der Waals surface area contributed by atoms with Crippen molar-refractivity contribution in [2.45, 2.75) is 6.92 Å². The molecule has 0 amide bonds. The molecule has 0 spiro atoms. The molecule has 1 heterocycles. The molecule has 60 valence electrons. The van der Waals surface area contributed by atoms with Crippen LogP contribution in [0.1, 0.15) is 5.69 Å². The van der Waals surface area contributed by atoms with Gasteiger partial charge < -0.3 is 10.3 Å². The normalized spacial score (nSPS) is 10.0. The smallest absolute Gasteiger partial charge is 0.259 e. The molecule has 2 N–H and O–H groups in total. The Morgan fingerprint density at radius 2 is 2.18 bits per heavy atom. The van der Waals surface area contributed by atoms with Crippen molar-refractivity contribution < 1.29 is 14.7 Å². The molecule has 1 aromatic rings. The van der Waals surface area contributed by atoms with Gasteiger partial charge in [-0.25, -0.2) is 4.39 Å². The van der Waals surface area contributed by atoms with Crippen molar-refractivity contribution in [3.8, 4) is 5.75 Å². The number of hydrogen-bond acceptors (Lipinski definition) is 3. The summed E-state index contributed by atoms with van der Waals surface area (Å²) in [6.45, 7) is 1.22. The van der Waals surface area contributed by atoms with Crippen molar-refractivity contribution >= 4 is 0 Å². The summed E-state index contributed by atoms with van der Waals surface area (Å²) in [5.41, 5.74) is -1.33. The fraction of sp³-hybridized carbons (Fsp3) is 0.167. The maximum absolute atomic E-state index is 12.6. The molecule has 0 atom stereocenters. The van der Waals surface area contributed by atoms with E-state index in [1.807, 2.05) is 0 Å². The van der Waals surface area contributed by atoms with Gasteiger partial charge >= 0.3 is 0 Å². The van der Waals surface area contributed by atoms with Crippen molar-refractivity contribution in [1.82, 2.24) is 4.73 Å². The van der Waals surface area contributed by atoms with E-state index in [9.17, 15) is 9.18 Å². The number of aromatic hydroxyl groups is 1. The predicted molar refractivity (Wildman–Crippen MR) is 34.2 cm³/mol. The number of nitrogens with zero attached hydrogens (tertiary/aromatic N) is 1. The van der Waals surface area contributed by atoms with Gasteiger partial charge in [0.15, 0.2) is 11.6 Å². The summed E-state index contributed by atoms with van der Waals surface area (Å²) in [7, 11) is 0. The third-order valence-corrected chi connectivity index (χ3v) is 1.34. The first kappa shape index (κ1) is 7.59. The summed E-state index contributed by atoms with van der Waals surface area (Å²) in [5.74, 6) is -1.96. The van der Waals surface area contributed by atoms with Crippen LogP contribution in [0.5, 0.6) is 5.75 Å². The number of pyridine rings is 1. The molecule has 4 nitrogen and oxygen atoms in total. The van der Waals surface area contributed by atoms with Crippen LogP contribution in [0.2, 0.25) is 0 Å². The highest BCUT2D eigenvalue weighted by Crippen LogP contribution is 2.05. The van der Waals surface area contributed by atoms with Gasteiger partial charge in [-0.15, -0.1) is 0 Å². The van der Waals surface area contributed by atoms with E-state index in [4.69, 9.17) is 10.3 Å². The molecule has 0 aromatic carbocycles. The molecule has 1 rings (SSSR count). The monoisotopic (exact) mass is 159 g/mol. The van der Waals surface area contributed by atoms with E-state index in [1.54, 1.807) is 0 Å². The first-order valence-corrected chi connectivity index (χ1v) is 2.84. The second-order valence-electron chi connectivity index (χ2n) is 2.09. The zero-order chi connectivity index (χ0) is 8.59. The Kier molecular flexibility index (Phi) is 1.56. The lowest BCUT2D eigenvalue weighted by Gasteiger charge is -2.02. The Morgan fingerprint density at radius 1 is 1.64 bits per heavy atom. The predicted octanol–water partition coefficient (Wildman–Crippen LogP) is 0.239. The third kappa shape index (κ3) is 1.04. The van der Waals surface area contributed by atoms with Gasteiger partial charge in [0, 0.05) is 0 Å². The zero-order valence-corrected chi connectivity index (χ0v) is 5.71. The summed E-state index contributed by atoms with van der Waals surface area (Å²) in [6, 6.07) is 0. The molecule has 0 aliphatic heterocycles. The molecule has 1 aromatic heterocycles. The van der Waals surface area contributed by atoms with Gasteiger partial charge in [0.2, 0.25) is 0 Å². The minimum absolute atomic E-state index is 0.229. The van der Waals surface area contributed by atoms with E-state index in [1.165, 1.54) is 6.92 Å². The number of halogens is 1. The van der Waals surface area contributed by atoms with E-state index in [2.05, 4.69) is 0 Å². The molecule has 0 aliphatic rings. The SMILES string of the molecule is Cc1c(F)c(=O)c(O)cn1O. The van der Waals surface area contributed by atoms with Crippen LogP contribution in [0, 0.1) is 12.7 Å². The average Bonchev–Trinajstić information content (AvgIpc) is 1.97. The summed E-state index contributed by atoms with van der Waals surface area (Å²) < 4.78 is 13.0. The maximum atomic E-state index is 12.6. The van der Waals surface area contributed by atoms with Gasteiger partial charge in [-0.05, 0) is 6.92 Å². The number of aromatic nitrogens is 1. The molecule has 0 unspecified atom stereocenters. The zero-order valence-electron chi connectivity index (χ0n) is 5.71. The largest absolute Gasteiger partial charge is 0.503 e. The van der Waals surface area contributed by atoms with Crippen molar-refractivity contribution in [2.24, 2.45) is 0 Å². The quantitative estimate of drug-likeness (QED) is 0.533. The van der Waals surface area contributed by atoms with E-state index < -0.39 is 17.0 Å². The van der Waals surface area contributed by atoms with Gasteiger partial charge in [0.05, 0.1) is 11.9 Å². The number of hydrogen-bond donors (Lipinski definition) is 2. The Labute approximate surface area is 61.1 Å². The molecule has 11 heavy (non-hydrogen) atoms. The van der Waals surface area contributed by atoms with Crippen LogP contribution in [0.25, 0.3) is 0 Å². The van der Waals surface area contributed by atoms with Gasteiger partial charge in [-0.1, -0.05) is 0 Å². The molecule has 0 aliphatic carbocycles. The standard InChI is InChI=1S/C6H6FNO3/c1-3-5(7)6(10)4(9)2-8(3)11/h2,9,11H,1H3.